The molecule has 0 aliphatic rings. The summed E-state index contributed by atoms with van der Waals surface area (Å²) in [7, 11) is -3.40. The monoisotopic (exact) mass is 270 g/mol. The van der Waals surface area contributed by atoms with Crippen molar-refractivity contribution >= 4 is 10.0 Å². The van der Waals surface area contributed by atoms with Gasteiger partial charge in [-0.2, -0.15) is 0 Å². The third-order valence-electron chi connectivity index (χ3n) is 3.16. The Morgan fingerprint density at radius 2 is 2.06 bits per heavy atom. The van der Waals surface area contributed by atoms with Crippen LogP contribution in [0, 0.1) is 12.8 Å². The Bertz CT molecular complexity index is 498. The van der Waals surface area contributed by atoms with E-state index in [1.165, 1.54) is 0 Å². The summed E-state index contributed by atoms with van der Waals surface area (Å²) in [5.74, 6) is 0.337. The molecular weight excluding hydrogens is 248 g/mol. The minimum Gasteiger partial charge on any atom is -0.326 e. The topological polar surface area (TPSA) is 72.2 Å². The van der Waals surface area contributed by atoms with Gasteiger partial charge < -0.3 is 5.73 Å². The van der Waals surface area contributed by atoms with Gasteiger partial charge in [0.1, 0.15) is 0 Å². The van der Waals surface area contributed by atoms with Crippen LogP contribution in [-0.2, 0) is 16.6 Å². The highest BCUT2D eigenvalue weighted by Crippen LogP contribution is 2.15. The first kappa shape index (κ1) is 15.1. The van der Waals surface area contributed by atoms with Crippen LogP contribution in [0.4, 0.5) is 0 Å². The third-order valence-corrected chi connectivity index (χ3v) is 4.58. The number of hydrogen-bond acceptors (Lipinski definition) is 3. The molecular formula is C13H22N2O2S. The SMILES string of the molecule is CCC(C)CNS(=O)(=O)c1ccc(CN)c(C)c1. The molecule has 1 atom stereocenters. The molecule has 1 aromatic rings. The fraction of sp³-hybridized carbons (Fsp3) is 0.538. The van der Waals surface area contributed by atoms with Crippen LogP contribution >= 0.6 is 0 Å². The average Bonchev–Trinajstić information content (AvgIpc) is 2.35. The largest absolute Gasteiger partial charge is 0.326 e. The molecule has 0 heterocycles. The zero-order chi connectivity index (χ0) is 13.8. The first-order chi connectivity index (χ1) is 8.40. The van der Waals surface area contributed by atoms with Gasteiger partial charge in [-0.05, 0) is 36.1 Å². The maximum atomic E-state index is 12.1. The first-order valence-electron chi connectivity index (χ1n) is 6.20. The van der Waals surface area contributed by atoms with Gasteiger partial charge in [-0.3, -0.25) is 0 Å². The predicted octanol–water partition coefficient (Wildman–Crippen LogP) is 1.78. The maximum absolute atomic E-state index is 12.1. The number of nitrogens with two attached hydrogens (primary N) is 1. The molecule has 5 heteroatoms. The van der Waals surface area contributed by atoms with Crippen LogP contribution in [0.25, 0.3) is 0 Å². The van der Waals surface area contributed by atoms with E-state index in [0.29, 0.717) is 23.9 Å². The first-order valence-corrected chi connectivity index (χ1v) is 7.68. The number of sulfonamides is 1. The highest BCUT2D eigenvalue weighted by Gasteiger charge is 2.15. The minimum absolute atomic E-state index is 0.306. The van der Waals surface area contributed by atoms with Gasteiger partial charge in [-0.15, -0.1) is 0 Å². The molecule has 1 rings (SSSR count). The lowest BCUT2D eigenvalue weighted by Gasteiger charge is -2.12. The second kappa shape index (κ2) is 6.31. The quantitative estimate of drug-likeness (QED) is 0.827. The Hall–Kier alpha value is -0.910. The molecule has 3 N–H and O–H groups in total. The second-order valence-corrected chi connectivity index (χ2v) is 6.42. The van der Waals surface area contributed by atoms with Crippen molar-refractivity contribution in [2.75, 3.05) is 6.54 Å². The van der Waals surface area contributed by atoms with Gasteiger partial charge in [0.15, 0.2) is 0 Å². The molecule has 0 saturated carbocycles. The molecule has 0 saturated heterocycles. The van der Waals surface area contributed by atoms with Crippen molar-refractivity contribution in [1.82, 2.24) is 4.72 Å². The standard InChI is InChI=1S/C13H22N2O2S/c1-4-10(2)9-15-18(16,17)13-6-5-12(8-14)11(3)7-13/h5-7,10,15H,4,8-9,14H2,1-3H3. The molecule has 0 bridgehead atoms. The van der Waals surface area contributed by atoms with Gasteiger partial charge >= 0.3 is 0 Å². The minimum atomic E-state index is -3.40. The van der Waals surface area contributed by atoms with Crippen molar-refractivity contribution in [3.05, 3.63) is 29.3 Å². The molecule has 0 amide bonds. The summed E-state index contributed by atoms with van der Waals surface area (Å²) >= 11 is 0. The molecule has 0 aromatic heterocycles. The van der Waals surface area contributed by atoms with Crippen molar-refractivity contribution in [3.63, 3.8) is 0 Å². The van der Waals surface area contributed by atoms with Crippen molar-refractivity contribution in [3.8, 4) is 0 Å². The maximum Gasteiger partial charge on any atom is 0.240 e. The number of nitrogens with one attached hydrogen (secondary N) is 1. The van der Waals surface area contributed by atoms with Gasteiger partial charge in [0.25, 0.3) is 0 Å². The number of benzene rings is 1. The van der Waals surface area contributed by atoms with Crippen molar-refractivity contribution in [1.29, 1.82) is 0 Å². The summed E-state index contributed by atoms with van der Waals surface area (Å²) in [5, 5.41) is 0. The van der Waals surface area contributed by atoms with Gasteiger partial charge in [0.2, 0.25) is 10.0 Å². The molecule has 18 heavy (non-hydrogen) atoms. The van der Waals surface area contributed by atoms with Crippen molar-refractivity contribution < 1.29 is 8.42 Å². The normalized spacial score (nSPS) is 13.6. The summed E-state index contributed by atoms with van der Waals surface area (Å²) in [6.07, 6.45) is 0.952. The molecule has 0 radical (unpaired) electrons. The Balaban J connectivity index is 2.88. The lowest BCUT2D eigenvalue weighted by Crippen LogP contribution is -2.28. The molecule has 0 aliphatic heterocycles. The fourth-order valence-corrected chi connectivity index (χ4v) is 2.79. The highest BCUT2D eigenvalue weighted by molar-refractivity contribution is 7.89. The Morgan fingerprint density at radius 3 is 2.56 bits per heavy atom. The van der Waals surface area contributed by atoms with E-state index >= 15 is 0 Å². The molecule has 0 aliphatic carbocycles. The van der Waals surface area contributed by atoms with E-state index in [0.717, 1.165) is 17.5 Å². The molecule has 0 fully saturated rings. The van der Waals surface area contributed by atoms with Crippen LogP contribution in [0.1, 0.15) is 31.4 Å². The molecule has 1 unspecified atom stereocenters. The van der Waals surface area contributed by atoms with Crippen LogP contribution < -0.4 is 10.5 Å². The van der Waals surface area contributed by atoms with Gasteiger partial charge in [-0.25, -0.2) is 13.1 Å². The van der Waals surface area contributed by atoms with E-state index in [2.05, 4.69) is 4.72 Å². The summed E-state index contributed by atoms with van der Waals surface area (Å²) in [6.45, 7) is 6.82. The van der Waals surface area contributed by atoms with Crippen LogP contribution in [0.15, 0.2) is 23.1 Å². The Kier molecular flexibility index (Phi) is 5.31. The lowest BCUT2D eigenvalue weighted by atomic mass is 10.1. The molecule has 102 valence electrons. The van der Waals surface area contributed by atoms with E-state index in [1.54, 1.807) is 18.2 Å². The smallest absolute Gasteiger partial charge is 0.240 e. The van der Waals surface area contributed by atoms with Crippen LogP contribution in [-0.4, -0.2) is 15.0 Å². The predicted molar refractivity (Wildman–Crippen MR) is 73.7 cm³/mol. The van der Waals surface area contributed by atoms with E-state index in [9.17, 15) is 8.42 Å². The number of aryl methyl sites for hydroxylation is 1. The summed E-state index contributed by atoms with van der Waals surface area (Å²) < 4.78 is 26.8. The van der Waals surface area contributed by atoms with Crippen molar-refractivity contribution in [2.45, 2.75) is 38.6 Å². The molecule has 4 nitrogen and oxygen atoms in total. The summed E-state index contributed by atoms with van der Waals surface area (Å²) in [4.78, 5) is 0.306. The van der Waals surface area contributed by atoms with Crippen LogP contribution in [0.2, 0.25) is 0 Å². The van der Waals surface area contributed by atoms with Gasteiger partial charge in [-0.1, -0.05) is 26.3 Å². The van der Waals surface area contributed by atoms with Gasteiger partial charge in [0, 0.05) is 13.1 Å². The van der Waals surface area contributed by atoms with Crippen LogP contribution in [0.3, 0.4) is 0 Å². The number of rotatable bonds is 6. The lowest BCUT2D eigenvalue weighted by molar-refractivity contribution is 0.528. The zero-order valence-corrected chi connectivity index (χ0v) is 12.0. The summed E-state index contributed by atoms with van der Waals surface area (Å²) in [6, 6.07) is 5.04. The van der Waals surface area contributed by atoms with E-state index in [-0.39, 0.29) is 0 Å². The van der Waals surface area contributed by atoms with E-state index in [1.807, 2.05) is 20.8 Å². The third kappa shape index (κ3) is 3.80. The second-order valence-electron chi connectivity index (χ2n) is 4.66. The van der Waals surface area contributed by atoms with Crippen molar-refractivity contribution in [2.24, 2.45) is 11.7 Å². The zero-order valence-electron chi connectivity index (χ0n) is 11.2. The van der Waals surface area contributed by atoms with E-state index in [4.69, 9.17) is 5.73 Å². The fourth-order valence-electron chi connectivity index (χ4n) is 1.54. The number of hydrogen-bond donors (Lipinski definition) is 2. The Labute approximate surface area is 110 Å². The Morgan fingerprint density at radius 1 is 1.39 bits per heavy atom. The van der Waals surface area contributed by atoms with Gasteiger partial charge in [0.05, 0.1) is 4.90 Å². The van der Waals surface area contributed by atoms with E-state index < -0.39 is 10.0 Å². The molecule has 1 aromatic carbocycles. The summed E-state index contributed by atoms with van der Waals surface area (Å²) in [5.41, 5.74) is 7.44. The molecule has 0 spiro atoms. The highest BCUT2D eigenvalue weighted by atomic mass is 32.2. The van der Waals surface area contributed by atoms with Crippen LogP contribution in [0.5, 0.6) is 0 Å². The average molecular weight is 270 g/mol.